The summed E-state index contributed by atoms with van der Waals surface area (Å²) in [5.41, 5.74) is 5.69. The molecule has 18 heavy (non-hydrogen) atoms. The molecular formula is C13H20N2O3. The number of esters is 1. The molecule has 2 unspecified atom stereocenters. The Bertz CT molecular complexity index is 383. The Morgan fingerprint density at radius 3 is 2.56 bits per heavy atom. The largest absolute Gasteiger partial charge is 0.468 e. The summed E-state index contributed by atoms with van der Waals surface area (Å²) in [5, 5.41) is 12.6. The van der Waals surface area contributed by atoms with Gasteiger partial charge < -0.3 is 15.6 Å². The van der Waals surface area contributed by atoms with Crippen molar-refractivity contribution in [3.63, 3.8) is 0 Å². The number of benzene rings is 1. The summed E-state index contributed by atoms with van der Waals surface area (Å²) in [6.07, 6.45) is 0. The fourth-order valence-corrected chi connectivity index (χ4v) is 1.77. The summed E-state index contributed by atoms with van der Waals surface area (Å²) in [7, 11) is 1.31. The van der Waals surface area contributed by atoms with Gasteiger partial charge in [-0.15, -0.1) is 0 Å². The maximum Gasteiger partial charge on any atom is 0.324 e. The molecular weight excluding hydrogens is 232 g/mol. The Hall–Kier alpha value is -1.43. The zero-order valence-electron chi connectivity index (χ0n) is 10.7. The van der Waals surface area contributed by atoms with Crippen molar-refractivity contribution in [2.45, 2.75) is 18.5 Å². The van der Waals surface area contributed by atoms with Crippen LogP contribution in [0.1, 0.15) is 12.5 Å². The van der Waals surface area contributed by atoms with Crippen LogP contribution in [0, 0.1) is 0 Å². The maximum atomic E-state index is 11.5. The minimum Gasteiger partial charge on any atom is -0.468 e. The molecule has 0 fully saturated rings. The van der Waals surface area contributed by atoms with E-state index in [1.807, 2.05) is 37.3 Å². The van der Waals surface area contributed by atoms with E-state index in [9.17, 15) is 9.90 Å². The molecule has 0 saturated heterocycles. The lowest BCUT2D eigenvalue weighted by Gasteiger charge is -2.32. The fourth-order valence-electron chi connectivity index (χ4n) is 1.77. The number of aliphatic hydroxyl groups is 1. The number of carbonyl (C=O) groups excluding carboxylic acids is 1. The molecule has 100 valence electrons. The van der Waals surface area contributed by atoms with Crippen LogP contribution in [-0.4, -0.2) is 37.4 Å². The van der Waals surface area contributed by atoms with Crippen molar-refractivity contribution >= 4 is 5.97 Å². The van der Waals surface area contributed by atoms with Gasteiger partial charge in [-0.1, -0.05) is 30.3 Å². The lowest BCUT2D eigenvalue weighted by atomic mass is 9.92. The van der Waals surface area contributed by atoms with Crippen LogP contribution in [0.2, 0.25) is 0 Å². The Kier molecular flexibility index (Phi) is 5.27. The highest BCUT2D eigenvalue weighted by molar-refractivity contribution is 5.76. The zero-order valence-corrected chi connectivity index (χ0v) is 10.7. The zero-order chi connectivity index (χ0) is 13.6. The van der Waals surface area contributed by atoms with Crippen molar-refractivity contribution < 1.29 is 14.6 Å². The molecule has 0 aliphatic rings. The Morgan fingerprint density at radius 2 is 2.11 bits per heavy atom. The van der Waals surface area contributed by atoms with Crippen LogP contribution in [0.3, 0.4) is 0 Å². The highest BCUT2D eigenvalue weighted by atomic mass is 16.5. The van der Waals surface area contributed by atoms with Crippen molar-refractivity contribution in [3.05, 3.63) is 35.9 Å². The quantitative estimate of drug-likeness (QED) is 0.620. The molecule has 4 N–H and O–H groups in total. The average Bonchev–Trinajstić information content (AvgIpc) is 2.44. The summed E-state index contributed by atoms with van der Waals surface area (Å²) in [5.74, 6) is -0.437. The van der Waals surface area contributed by atoms with Crippen molar-refractivity contribution in [2.24, 2.45) is 5.73 Å². The van der Waals surface area contributed by atoms with E-state index in [0.29, 0.717) is 0 Å². The number of nitrogens with two attached hydrogens (primary N) is 1. The van der Waals surface area contributed by atoms with Gasteiger partial charge in [-0.05, 0) is 12.5 Å². The fraction of sp³-hybridized carbons (Fsp3) is 0.462. The number of aliphatic hydroxyl groups excluding tert-OH is 1. The van der Waals surface area contributed by atoms with E-state index in [-0.39, 0.29) is 13.2 Å². The molecule has 0 bridgehead atoms. The molecule has 1 aromatic carbocycles. The first-order chi connectivity index (χ1) is 8.57. The number of hydrogen-bond donors (Lipinski definition) is 3. The second kappa shape index (κ2) is 6.49. The second-order valence-electron chi connectivity index (χ2n) is 4.31. The standard InChI is InChI=1S/C13H20N2O3/c1-13(9-16,10-6-4-3-5-7-10)15-11(8-14)12(17)18-2/h3-7,11,15-16H,8-9,14H2,1-2H3. The van der Waals surface area contributed by atoms with E-state index < -0.39 is 17.6 Å². The molecule has 1 rings (SSSR count). The van der Waals surface area contributed by atoms with E-state index in [1.54, 1.807) is 0 Å². The summed E-state index contributed by atoms with van der Waals surface area (Å²) in [6.45, 7) is 1.77. The average molecular weight is 252 g/mol. The first-order valence-electron chi connectivity index (χ1n) is 5.79. The van der Waals surface area contributed by atoms with Crippen LogP contribution >= 0.6 is 0 Å². The number of rotatable bonds is 6. The Labute approximate surface area is 107 Å². The molecule has 0 radical (unpaired) electrons. The maximum absolute atomic E-state index is 11.5. The van der Waals surface area contributed by atoms with Crippen molar-refractivity contribution in [3.8, 4) is 0 Å². The summed E-state index contributed by atoms with van der Waals surface area (Å²) >= 11 is 0. The smallest absolute Gasteiger partial charge is 0.324 e. The van der Waals surface area contributed by atoms with E-state index in [4.69, 9.17) is 5.73 Å². The summed E-state index contributed by atoms with van der Waals surface area (Å²) in [6, 6.07) is 8.76. The van der Waals surface area contributed by atoms with Gasteiger partial charge in [0.2, 0.25) is 0 Å². The highest BCUT2D eigenvalue weighted by Crippen LogP contribution is 2.20. The normalized spacial score (nSPS) is 15.8. The lowest BCUT2D eigenvalue weighted by molar-refractivity contribution is -0.143. The molecule has 0 aliphatic carbocycles. The number of methoxy groups -OCH3 is 1. The molecule has 2 atom stereocenters. The second-order valence-corrected chi connectivity index (χ2v) is 4.31. The Morgan fingerprint density at radius 1 is 1.50 bits per heavy atom. The van der Waals surface area contributed by atoms with Crippen molar-refractivity contribution in [1.29, 1.82) is 0 Å². The van der Waals surface area contributed by atoms with Gasteiger partial charge in [-0.25, -0.2) is 0 Å². The van der Waals surface area contributed by atoms with Crippen molar-refractivity contribution in [1.82, 2.24) is 5.32 Å². The van der Waals surface area contributed by atoms with Gasteiger partial charge in [0.25, 0.3) is 0 Å². The third kappa shape index (κ3) is 3.29. The van der Waals surface area contributed by atoms with Gasteiger partial charge in [-0.3, -0.25) is 10.1 Å². The molecule has 0 spiro atoms. The minimum atomic E-state index is -0.737. The molecule has 0 aliphatic heterocycles. The minimum absolute atomic E-state index is 0.106. The van der Waals surface area contributed by atoms with Crippen LogP contribution in [0.5, 0.6) is 0 Å². The van der Waals surface area contributed by atoms with E-state index in [0.717, 1.165) is 5.56 Å². The topological polar surface area (TPSA) is 84.6 Å². The van der Waals surface area contributed by atoms with E-state index >= 15 is 0 Å². The van der Waals surface area contributed by atoms with Crippen LogP contribution in [0.25, 0.3) is 0 Å². The van der Waals surface area contributed by atoms with Crippen molar-refractivity contribution in [2.75, 3.05) is 20.3 Å². The highest BCUT2D eigenvalue weighted by Gasteiger charge is 2.31. The number of hydrogen-bond acceptors (Lipinski definition) is 5. The molecule has 0 amide bonds. The van der Waals surface area contributed by atoms with Gasteiger partial charge in [0, 0.05) is 6.54 Å². The lowest BCUT2D eigenvalue weighted by Crippen LogP contribution is -2.54. The van der Waals surface area contributed by atoms with E-state index in [2.05, 4.69) is 10.1 Å². The molecule has 0 saturated carbocycles. The van der Waals surface area contributed by atoms with Crippen LogP contribution in [0.4, 0.5) is 0 Å². The molecule has 5 heteroatoms. The monoisotopic (exact) mass is 252 g/mol. The van der Waals surface area contributed by atoms with Crippen LogP contribution in [-0.2, 0) is 15.1 Å². The van der Waals surface area contributed by atoms with Gasteiger partial charge in [0.15, 0.2) is 0 Å². The number of carbonyl (C=O) groups is 1. The predicted molar refractivity (Wildman–Crippen MR) is 68.9 cm³/mol. The number of ether oxygens (including phenoxy) is 1. The molecule has 1 aromatic rings. The molecule has 0 heterocycles. The van der Waals surface area contributed by atoms with Gasteiger partial charge >= 0.3 is 5.97 Å². The van der Waals surface area contributed by atoms with Gasteiger partial charge in [0.1, 0.15) is 6.04 Å². The Balaban J connectivity index is 2.92. The van der Waals surface area contributed by atoms with Crippen LogP contribution < -0.4 is 11.1 Å². The molecule has 5 nitrogen and oxygen atoms in total. The summed E-state index contributed by atoms with van der Waals surface area (Å²) < 4.78 is 4.67. The third-order valence-corrected chi connectivity index (χ3v) is 2.94. The summed E-state index contributed by atoms with van der Waals surface area (Å²) in [4.78, 5) is 11.5. The predicted octanol–water partition coefficient (Wildman–Crippen LogP) is -0.0160. The van der Waals surface area contributed by atoms with Crippen LogP contribution in [0.15, 0.2) is 30.3 Å². The van der Waals surface area contributed by atoms with E-state index in [1.165, 1.54) is 7.11 Å². The first-order valence-corrected chi connectivity index (χ1v) is 5.79. The van der Waals surface area contributed by atoms with Gasteiger partial charge in [-0.2, -0.15) is 0 Å². The first kappa shape index (κ1) is 14.6. The third-order valence-electron chi connectivity index (χ3n) is 2.94. The molecule has 0 aromatic heterocycles. The SMILES string of the molecule is COC(=O)C(CN)NC(C)(CO)c1ccccc1. The van der Waals surface area contributed by atoms with Gasteiger partial charge in [0.05, 0.1) is 19.3 Å². The number of nitrogens with one attached hydrogen (secondary N) is 1.